The average molecular weight is 495 g/mol. The van der Waals surface area contributed by atoms with Crippen LogP contribution in [-0.2, 0) is 9.53 Å². The predicted molar refractivity (Wildman–Crippen MR) is 134 cm³/mol. The Morgan fingerprint density at radius 3 is 2.26 bits per heavy atom. The van der Waals surface area contributed by atoms with Crippen LogP contribution in [0.2, 0.25) is 0 Å². The molecular weight excluding hydrogens is 444 g/mol. The van der Waals surface area contributed by atoms with Crippen LogP contribution in [0, 0.1) is 58.2 Å². The Morgan fingerprint density at radius 2 is 1.63 bits per heavy atom. The van der Waals surface area contributed by atoms with Crippen LogP contribution >= 0.6 is 0 Å². The fraction of sp³-hybridized carbons (Fsp3) is 0.966. The van der Waals surface area contributed by atoms with Gasteiger partial charge in [0.2, 0.25) is 0 Å². The van der Waals surface area contributed by atoms with Crippen LogP contribution in [0.4, 0.5) is 0 Å². The number of hydrogen-bond acceptors (Lipinski definition) is 6. The van der Waals surface area contributed by atoms with Gasteiger partial charge in [0.25, 0.3) is 0 Å². The van der Waals surface area contributed by atoms with Crippen LogP contribution in [0.1, 0.15) is 86.5 Å². The molecule has 35 heavy (non-hydrogen) atoms. The summed E-state index contributed by atoms with van der Waals surface area (Å²) in [5, 5.41) is 43.2. The van der Waals surface area contributed by atoms with Crippen molar-refractivity contribution in [1.29, 1.82) is 0 Å². The van der Waals surface area contributed by atoms with Gasteiger partial charge < -0.3 is 25.2 Å². The molecule has 0 aromatic rings. The molecule has 0 radical (unpaired) electrons. The minimum absolute atomic E-state index is 0.00679. The number of carbonyl (C=O) groups is 1. The molecule has 202 valence electrons. The Kier molecular flexibility index (Phi) is 7.72. The normalized spacial score (nSPS) is 47.1. The number of hydrogen-bond donors (Lipinski definition) is 4. The molecule has 0 amide bonds. The van der Waals surface area contributed by atoms with Crippen LogP contribution < -0.4 is 0 Å². The van der Waals surface area contributed by atoms with Gasteiger partial charge in [0, 0.05) is 0 Å². The van der Waals surface area contributed by atoms with Gasteiger partial charge in [-0.05, 0) is 90.8 Å². The minimum Gasteiger partial charge on any atom is -0.465 e. The Morgan fingerprint density at radius 1 is 0.971 bits per heavy atom. The number of rotatable bonds is 6. The molecule has 6 nitrogen and oxygen atoms in total. The first kappa shape index (κ1) is 27.3. The third-order valence-electron chi connectivity index (χ3n) is 11.7. The van der Waals surface area contributed by atoms with E-state index in [9.17, 15) is 25.2 Å². The largest absolute Gasteiger partial charge is 0.465 e. The summed E-state index contributed by atoms with van der Waals surface area (Å²) in [6, 6.07) is 0. The standard InChI is InChI=1S/C29H50O6/c1-7-17(15(2)3)26(33)25(32)16(4)19-8-9-20-18-14-35-27(34)22-12-23(30)24(31)13-29(22,6)21(18)10-11-28(19,20)5/h15-26,30-33H,7-14H2,1-6H3/t16-,17-,18-,19+,20-,21-,22-,23-,24+,25+,26-,28+,29-/m0/s1. The molecule has 3 saturated carbocycles. The van der Waals surface area contributed by atoms with Gasteiger partial charge in [-0.15, -0.1) is 0 Å². The lowest BCUT2D eigenvalue weighted by molar-refractivity contribution is -0.162. The molecule has 0 bridgehead atoms. The molecule has 3 aliphatic carbocycles. The summed E-state index contributed by atoms with van der Waals surface area (Å²) in [5.41, 5.74) is -0.348. The first-order chi connectivity index (χ1) is 16.4. The summed E-state index contributed by atoms with van der Waals surface area (Å²) in [7, 11) is 0. The van der Waals surface area contributed by atoms with Gasteiger partial charge in [-0.2, -0.15) is 0 Å². The summed E-state index contributed by atoms with van der Waals surface area (Å²) in [6.45, 7) is 13.4. The van der Waals surface area contributed by atoms with Crippen LogP contribution in [0.5, 0.6) is 0 Å². The van der Waals surface area contributed by atoms with Crippen molar-refractivity contribution >= 4 is 5.97 Å². The van der Waals surface area contributed by atoms with Crippen molar-refractivity contribution in [3.05, 3.63) is 0 Å². The second-order valence-electron chi connectivity index (χ2n) is 13.5. The molecule has 0 aromatic carbocycles. The van der Waals surface area contributed by atoms with Gasteiger partial charge in [0.05, 0.1) is 36.9 Å². The summed E-state index contributed by atoms with van der Waals surface area (Å²) >= 11 is 0. The first-order valence-electron chi connectivity index (χ1n) is 14.3. The van der Waals surface area contributed by atoms with Crippen molar-refractivity contribution in [2.75, 3.05) is 6.61 Å². The zero-order valence-corrected chi connectivity index (χ0v) is 22.7. The Balaban J connectivity index is 1.57. The molecule has 4 aliphatic rings. The zero-order chi connectivity index (χ0) is 25.9. The van der Waals surface area contributed by atoms with E-state index in [1.54, 1.807) is 0 Å². The molecule has 4 rings (SSSR count). The monoisotopic (exact) mass is 494 g/mol. The molecule has 13 atom stereocenters. The minimum atomic E-state index is -0.867. The first-order valence-corrected chi connectivity index (χ1v) is 14.3. The number of carbonyl (C=O) groups excluding carboxylic acids is 1. The van der Waals surface area contributed by atoms with Crippen LogP contribution in [0.3, 0.4) is 0 Å². The van der Waals surface area contributed by atoms with E-state index in [1.807, 2.05) is 0 Å². The van der Waals surface area contributed by atoms with Crippen molar-refractivity contribution in [3.8, 4) is 0 Å². The molecule has 1 saturated heterocycles. The maximum Gasteiger partial charge on any atom is 0.309 e. The highest BCUT2D eigenvalue weighted by molar-refractivity contribution is 5.74. The fourth-order valence-electron chi connectivity index (χ4n) is 9.60. The quantitative estimate of drug-likeness (QED) is 0.419. The number of ether oxygens (including phenoxy) is 1. The number of esters is 1. The lowest BCUT2D eigenvalue weighted by Crippen LogP contribution is -2.55. The highest BCUT2D eigenvalue weighted by Crippen LogP contribution is 2.66. The van der Waals surface area contributed by atoms with Gasteiger partial charge in [-0.3, -0.25) is 4.79 Å². The lowest BCUT2D eigenvalue weighted by Gasteiger charge is -2.56. The van der Waals surface area contributed by atoms with Crippen molar-refractivity contribution in [3.63, 3.8) is 0 Å². The highest BCUT2D eigenvalue weighted by Gasteiger charge is 2.63. The van der Waals surface area contributed by atoms with Gasteiger partial charge in [-0.1, -0.05) is 48.0 Å². The number of fused-ring (bicyclic) bond motifs is 5. The maximum absolute atomic E-state index is 13.0. The Labute approximate surface area is 211 Å². The van der Waals surface area contributed by atoms with E-state index in [0.29, 0.717) is 30.8 Å². The smallest absolute Gasteiger partial charge is 0.309 e. The van der Waals surface area contributed by atoms with E-state index < -0.39 is 24.4 Å². The average Bonchev–Trinajstić information content (AvgIpc) is 3.11. The van der Waals surface area contributed by atoms with Gasteiger partial charge in [0.15, 0.2) is 0 Å². The maximum atomic E-state index is 13.0. The van der Waals surface area contributed by atoms with Crippen LogP contribution in [-0.4, -0.2) is 57.4 Å². The van der Waals surface area contributed by atoms with E-state index in [2.05, 4.69) is 41.5 Å². The summed E-state index contributed by atoms with van der Waals surface area (Å²) in [4.78, 5) is 13.0. The molecule has 6 heteroatoms. The highest BCUT2D eigenvalue weighted by atomic mass is 16.5. The SMILES string of the molecule is CC[C@@H](C(C)C)[C@H](O)[C@H](O)[C@@H](C)[C@H]1CC[C@H]2[C@@H]3COC(=O)[C@@H]4C[C@H](O)[C@H](O)C[C@@]4(C)[C@H]3CC[C@]12C. The number of aliphatic hydroxyl groups excluding tert-OH is 4. The van der Waals surface area contributed by atoms with E-state index in [1.165, 1.54) is 0 Å². The Bertz CT molecular complexity index is 770. The second-order valence-corrected chi connectivity index (χ2v) is 13.5. The predicted octanol–water partition coefficient (Wildman–Crippen LogP) is 3.78. The van der Waals surface area contributed by atoms with E-state index in [-0.39, 0.29) is 52.8 Å². The lowest BCUT2D eigenvalue weighted by atomic mass is 9.48. The third kappa shape index (κ3) is 4.38. The van der Waals surface area contributed by atoms with Gasteiger partial charge in [0.1, 0.15) is 0 Å². The van der Waals surface area contributed by atoms with E-state index in [0.717, 1.165) is 32.1 Å². The second kappa shape index (κ2) is 9.89. The molecule has 4 fully saturated rings. The molecule has 0 unspecified atom stereocenters. The number of cyclic esters (lactones) is 1. The fourth-order valence-corrected chi connectivity index (χ4v) is 9.60. The topological polar surface area (TPSA) is 107 Å². The van der Waals surface area contributed by atoms with Crippen molar-refractivity contribution in [2.45, 2.75) is 111 Å². The molecular formula is C29H50O6. The molecule has 1 heterocycles. The number of aliphatic hydroxyl groups is 4. The third-order valence-corrected chi connectivity index (χ3v) is 11.7. The van der Waals surface area contributed by atoms with Crippen molar-refractivity contribution in [1.82, 2.24) is 0 Å². The van der Waals surface area contributed by atoms with E-state index in [4.69, 9.17) is 4.74 Å². The Hall–Kier alpha value is -0.690. The van der Waals surface area contributed by atoms with Gasteiger partial charge >= 0.3 is 5.97 Å². The van der Waals surface area contributed by atoms with E-state index >= 15 is 0 Å². The van der Waals surface area contributed by atoms with Crippen molar-refractivity contribution in [2.24, 2.45) is 58.2 Å². The molecule has 1 aliphatic heterocycles. The summed E-state index contributed by atoms with van der Waals surface area (Å²) < 4.78 is 5.88. The molecule has 0 aromatic heterocycles. The summed E-state index contributed by atoms with van der Waals surface area (Å²) in [6.07, 6.45) is 2.49. The van der Waals surface area contributed by atoms with Gasteiger partial charge in [-0.25, -0.2) is 0 Å². The summed E-state index contributed by atoms with van der Waals surface area (Å²) in [5.74, 6) is 1.01. The van der Waals surface area contributed by atoms with Crippen molar-refractivity contribution < 1.29 is 30.0 Å². The molecule has 0 spiro atoms. The molecule has 4 N–H and O–H groups in total. The zero-order valence-electron chi connectivity index (χ0n) is 22.7. The van der Waals surface area contributed by atoms with Crippen LogP contribution in [0.25, 0.3) is 0 Å². The van der Waals surface area contributed by atoms with Crippen LogP contribution in [0.15, 0.2) is 0 Å².